The van der Waals surface area contributed by atoms with Crippen LogP contribution in [0.25, 0.3) is 11.3 Å². The molecule has 34 heavy (non-hydrogen) atoms. The Kier molecular flexibility index (Phi) is 7.57. The maximum absolute atomic E-state index is 13.1. The van der Waals surface area contributed by atoms with Crippen molar-refractivity contribution in [2.75, 3.05) is 13.7 Å². The number of hydrogen-bond donors (Lipinski definition) is 2. The number of rotatable bonds is 9. The summed E-state index contributed by atoms with van der Waals surface area (Å²) in [6, 6.07) is 11.7. The summed E-state index contributed by atoms with van der Waals surface area (Å²) in [5, 5.41) is 18.1. The minimum Gasteiger partial charge on any atom is -0.497 e. The van der Waals surface area contributed by atoms with E-state index >= 15 is 0 Å². The molecule has 1 fully saturated rings. The molecule has 2 N–H and O–H groups in total. The molecule has 1 aliphatic heterocycles. The second-order valence-corrected chi connectivity index (χ2v) is 9.84. The van der Waals surface area contributed by atoms with E-state index in [1.54, 1.807) is 35.1 Å². The van der Waals surface area contributed by atoms with Crippen molar-refractivity contribution in [3.8, 4) is 17.0 Å². The molecule has 1 saturated heterocycles. The second kappa shape index (κ2) is 10.6. The first-order valence-electron chi connectivity index (χ1n) is 11.0. The predicted octanol–water partition coefficient (Wildman–Crippen LogP) is 2.37. The minimum atomic E-state index is -3.80. The number of aliphatic hydroxyl groups is 1. The highest BCUT2D eigenvalue weighted by atomic mass is 32.2. The highest BCUT2D eigenvalue weighted by Crippen LogP contribution is 2.25. The van der Waals surface area contributed by atoms with Gasteiger partial charge < -0.3 is 14.6 Å². The zero-order valence-corrected chi connectivity index (χ0v) is 19.5. The van der Waals surface area contributed by atoms with E-state index in [4.69, 9.17) is 9.47 Å². The first-order valence-corrected chi connectivity index (χ1v) is 12.4. The van der Waals surface area contributed by atoms with Crippen LogP contribution in [0.2, 0.25) is 0 Å². The summed E-state index contributed by atoms with van der Waals surface area (Å²) < 4.78 is 54.2. The van der Waals surface area contributed by atoms with Crippen LogP contribution in [0.3, 0.4) is 0 Å². The van der Waals surface area contributed by atoms with Crippen LogP contribution in [0.1, 0.15) is 19.3 Å². The van der Waals surface area contributed by atoms with Crippen LogP contribution in [-0.2, 0) is 21.3 Å². The summed E-state index contributed by atoms with van der Waals surface area (Å²) >= 11 is 0. The van der Waals surface area contributed by atoms with Crippen LogP contribution in [0, 0.1) is 5.82 Å². The van der Waals surface area contributed by atoms with E-state index in [1.807, 2.05) is 0 Å². The smallest absolute Gasteiger partial charge is 0.241 e. The number of nitrogens with one attached hydrogen (secondary N) is 1. The molecule has 0 bridgehead atoms. The van der Waals surface area contributed by atoms with E-state index < -0.39 is 22.2 Å². The van der Waals surface area contributed by atoms with Crippen LogP contribution in [0.5, 0.6) is 5.75 Å². The topological polar surface area (TPSA) is 116 Å². The third-order valence-electron chi connectivity index (χ3n) is 5.81. The normalized spacial score (nSPS) is 20.9. The number of nitrogens with zero attached hydrogens (tertiary/aromatic N) is 3. The van der Waals surface area contributed by atoms with E-state index in [9.17, 15) is 17.9 Å². The van der Waals surface area contributed by atoms with E-state index in [1.165, 1.54) is 31.4 Å². The molecule has 11 heteroatoms. The van der Waals surface area contributed by atoms with Gasteiger partial charge in [-0.1, -0.05) is 11.3 Å². The summed E-state index contributed by atoms with van der Waals surface area (Å²) in [7, 11) is -2.33. The van der Waals surface area contributed by atoms with Gasteiger partial charge >= 0.3 is 0 Å². The van der Waals surface area contributed by atoms with Gasteiger partial charge in [0.25, 0.3) is 0 Å². The van der Waals surface area contributed by atoms with Crippen LogP contribution in [0.15, 0.2) is 59.6 Å². The van der Waals surface area contributed by atoms with Gasteiger partial charge in [0.1, 0.15) is 17.3 Å². The molecule has 0 saturated carbocycles. The monoisotopic (exact) mass is 490 g/mol. The fourth-order valence-corrected chi connectivity index (χ4v) is 5.28. The number of benzene rings is 2. The van der Waals surface area contributed by atoms with Gasteiger partial charge in [0, 0.05) is 18.2 Å². The second-order valence-electron chi connectivity index (χ2n) is 8.13. The van der Waals surface area contributed by atoms with E-state index in [0.717, 1.165) is 5.56 Å². The van der Waals surface area contributed by atoms with Crippen molar-refractivity contribution < 1.29 is 27.4 Å². The highest BCUT2D eigenvalue weighted by Gasteiger charge is 2.34. The lowest BCUT2D eigenvalue weighted by atomic mass is 9.98. The Bertz CT molecular complexity index is 1200. The number of halogens is 1. The Hall–Kier alpha value is -2.86. The van der Waals surface area contributed by atoms with Crippen molar-refractivity contribution >= 4 is 10.0 Å². The number of hydrogen-bond acceptors (Lipinski definition) is 7. The van der Waals surface area contributed by atoms with Crippen LogP contribution in [-0.4, -0.2) is 60.5 Å². The van der Waals surface area contributed by atoms with Crippen molar-refractivity contribution in [1.82, 2.24) is 19.7 Å². The minimum absolute atomic E-state index is 0.0915. The molecule has 0 unspecified atom stereocenters. The number of methoxy groups -OCH3 is 1. The van der Waals surface area contributed by atoms with Gasteiger partial charge in [-0.2, -0.15) is 0 Å². The molecular weight excluding hydrogens is 463 g/mol. The Labute approximate surface area is 197 Å². The van der Waals surface area contributed by atoms with Gasteiger partial charge in [-0.3, -0.25) is 4.68 Å². The van der Waals surface area contributed by atoms with Crippen LogP contribution >= 0.6 is 0 Å². The molecule has 2 aromatic carbocycles. The fourth-order valence-electron chi connectivity index (χ4n) is 3.95. The molecule has 9 nitrogen and oxygen atoms in total. The molecule has 182 valence electrons. The number of aliphatic hydroxyl groups excluding tert-OH is 1. The van der Waals surface area contributed by atoms with Gasteiger partial charge in [-0.25, -0.2) is 17.5 Å². The summed E-state index contributed by atoms with van der Waals surface area (Å²) in [5.74, 6) is 0.130. The summed E-state index contributed by atoms with van der Waals surface area (Å²) in [6.45, 7) is 0.233. The summed E-state index contributed by atoms with van der Waals surface area (Å²) in [4.78, 5) is 0.0915. The first kappa shape index (κ1) is 24.3. The Morgan fingerprint density at radius 3 is 2.76 bits per heavy atom. The van der Waals surface area contributed by atoms with E-state index in [2.05, 4.69) is 15.0 Å². The van der Waals surface area contributed by atoms with Gasteiger partial charge in [-0.15, -0.1) is 5.10 Å². The maximum atomic E-state index is 13.1. The van der Waals surface area contributed by atoms with Crippen molar-refractivity contribution in [3.05, 3.63) is 60.5 Å². The maximum Gasteiger partial charge on any atom is 0.241 e. The highest BCUT2D eigenvalue weighted by molar-refractivity contribution is 7.89. The lowest BCUT2D eigenvalue weighted by Gasteiger charge is -2.36. The third-order valence-corrected chi connectivity index (χ3v) is 7.30. The molecular formula is C23H27FN4O5S. The molecule has 2 heterocycles. The number of sulfonamides is 1. The van der Waals surface area contributed by atoms with E-state index in [0.29, 0.717) is 37.3 Å². The van der Waals surface area contributed by atoms with Crippen molar-refractivity contribution in [3.63, 3.8) is 0 Å². The van der Waals surface area contributed by atoms with Gasteiger partial charge in [0.2, 0.25) is 10.0 Å². The SMILES string of the molecule is COc1cccc(S(=O)(=O)N[C@H]2CC[C@H](CCn3cc(-c4ccc(F)cc4)nn3)O[C@@H]2CO)c1. The molecule has 0 radical (unpaired) electrons. The Balaban J connectivity index is 1.33. The Morgan fingerprint density at radius 2 is 2.03 bits per heavy atom. The quantitative estimate of drug-likeness (QED) is 0.473. The predicted molar refractivity (Wildman–Crippen MR) is 122 cm³/mol. The van der Waals surface area contributed by atoms with Gasteiger partial charge in [-0.05, 0) is 55.7 Å². The molecule has 0 aliphatic carbocycles. The Morgan fingerprint density at radius 1 is 1.24 bits per heavy atom. The molecule has 1 aliphatic rings. The standard InChI is InChI=1S/C23H27FN4O5S/c1-32-19-3-2-4-20(13-19)34(30,31)26-21-10-9-18(33-23(21)15-29)11-12-28-14-22(25-27-28)16-5-7-17(24)8-6-16/h2-8,13-14,18,21,23,26,29H,9-12,15H2,1H3/t18-,21+,23-/m1/s1. The lowest BCUT2D eigenvalue weighted by molar-refractivity contribution is -0.0891. The summed E-state index contributed by atoms with van der Waals surface area (Å²) in [5.41, 5.74) is 1.41. The molecule has 3 aromatic rings. The van der Waals surface area contributed by atoms with Crippen molar-refractivity contribution in [2.24, 2.45) is 0 Å². The molecule has 3 atom stereocenters. The van der Waals surface area contributed by atoms with Crippen LogP contribution in [0.4, 0.5) is 4.39 Å². The van der Waals surface area contributed by atoms with Crippen LogP contribution < -0.4 is 9.46 Å². The van der Waals surface area contributed by atoms with Crippen molar-refractivity contribution in [1.29, 1.82) is 0 Å². The fraction of sp³-hybridized carbons (Fsp3) is 0.391. The lowest BCUT2D eigenvalue weighted by Crippen LogP contribution is -2.50. The number of ether oxygens (including phenoxy) is 2. The molecule has 4 rings (SSSR count). The zero-order valence-electron chi connectivity index (χ0n) is 18.7. The first-order chi connectivity index (χ1) is 16.4. The molecule has 1 aromatic heterocycles. The zero-order chi connectivity index (χ0) is 24.1. The average molecular weight is 491 g/mol. The number of aromatic nitrogens is 3. The third kappa shape index (κ3) is 5.79. The molecule has 0 spiro atoms. The summed E-state index contributed by atoms with van der Waals surface area (Å²) in [6.07, 6.45) is 2.74. The van der Waals surface area contributed by atoms with Crippen molar-refractivity contribution in [2.45, 2.75) is 49.0 Å². The largest absolute Gasteiger partial charge is 0.497 e. The van der Waals surface area contributed by atoms with E-state index in [-0.39, 0.29) is 23.4 Å². The van der Waals surface area contributed by atoms with Gasteiger partial charge in [0.15, 0.2) is 0 Å². The number of aryl methyl sites for hydroxylation is 1. The van der Waals surface area contributed by atoms with Gasteiger partial charge in [0.05, 0.1) is 43.1 Å². The average Bonchev–Trinajstić information content (AvgIpc) is 3.32. The molecule has 0 amide bonds.